The zero-order valence-corrected chi connectivity index (χ0v) is 16.4. The number of hydrazine groups is 1. The van der Waals surface area contributed by atoms with Gasteiger partial charge in [-0.3, -0.25) is 39.9 Å². The number of benzene rings is 1. The molecule has 0 aliphatic rings. The molecule has 0 unspecified atom stereocenters. The Labute approximate surface area is 173 Å². The normalized spacial score (nSPS) is 10.9. The quantitative estimate of drug-likeness (QED) is 0.277. The maximum Gasteiger partial charge on any atom is 0.329 e. The van der Waals surface area contributed by atoms with E-state index >= 15 is 0 Å². The predicted molar refractivity (Wildman–Crippen MR) is 110 cm³/mol. The largest absolute Gasteiger partial charge is 0.336 e. The first-order valence-electron chi connectivity index (χ1n) is 9.30. The molecule has 31 heavy (non-hydrogen) atoms. The van der Waals surface area contributed by atoms with Gasteiger partial charge in [-0.1, -0.05) is 30.3 Å². The molecule has 3 aromatic heterocycles. The molecule has 12 nitrogen and oxygen atoms in total. The third-order valence-electron chi connectivity index (χ3n) is 4.60. The first-order chi connectivity index (χ1) is 14.9. The zero-order valence-electron chi connectivity index (χ0n) is 16.4. The molecule has 3 heterocycles. The van der Waals surface area contributed by atoms with Crippen molar-refractivity contribution < 1.29 is 9.59 Å². The van der Waals surface area contributed by atoms with Crippen LogP contribution < -0.4 is 22.1 Å². The Bertz CT molecular complexity index is 1380. The second-order valence-corrected chi connectivity index (χ2v) is 6.74. The number of carbonyl (C=O) groups is 2. The van der Waals surface area contributed by atoms with Crippen molar-refractivity contribution in [2.45, 2.75) is 12.8 Å². The fourth-order valence-corrected chi connectivity index (χ4v) is 2.95. The van der Waals surface area contributed by atoms with Crippen LogP contribution in [0.5, 0.6) is 0 Å². The van der Waals surface area contributed by atoms with Gasteiger partial charge in [0.2, 0.25) is 5.91 Å². The summed E-state index contributed by atoms with van der Waals surface area (Å²) in [5.74, 6) is -0.642. The number of fused-ring (bicyclic) bond motifs is 1. The molecule has 0 aliphatic carbocycles. The van der Waals surface area contributed by atoms with Crippen LogP contribution in [-0.2, 0) is 18.3 Å². The molecule has 12 heteroatoms. The number of aryl methyl sites for hydroxylation is 2. The average Bonchev–Trinajstić information content (AvgIpc) is 3.43. The number of nitrogens with zero attached hydrogens (tertiary/aromatic N) is 3. The van der Waals surface area contributed by atoms with Gasteiger partial charge in [0.25, 0.3) is 11.5 Å². The minimum absolute atomic E-state index is 0.00973. The number of nitrogens with one attached hydrogen (secondary N) is 5. The van der Waals surface area contributed by atoms with Crippen LogP contribution in [-0.4, -0.2) is 41.5 Å². The van der Waals surface area contributed by atoms with E-state index in [9.17, 15) is 19.2 Å². The molecular weight excluding hydrogens is 404 g/mol. The molecule has 4 aromatic rings. The van der Waals surface area contributed by atoms with Crippen LogP contribution in [0.15, 0.2) is 46.0 Å². The van der Waals surface area contributed by atoms with Gasteiger partial charge < -0.3 is 4.98 Å². The molecule has 0 spiro atoms. The Morgan fingerprint density at radius 2 is 1.87 bits per heavy atom. The number of imidazole rings is 1. The number of rotatable bonds is 5. The first-order valence-corrected chi connectivity index (χ1v) is 9.30. The zero-order chi connectivity index (χ0) is 22.0. The molecule has 0 saturated carbocycles. The summed E-state index contributed by atoms with van der Waals surface area (Å²) in [6.45, 7) is 0. The third kappa shape index (κ3) is 4.12. The summed E-state index contributed by atoms with van der Waals surface area (Å²) in [5, 5.41) is 6.72. The fourth-order valence-electron chi connectivity index (χ4n) is 2.95. The first kappa shape index (κ1) is 19.8. The molecule has 4 rings (SSSR count). The maximum atomic E-state index is 12.2. The maximum absolute atomic E-state index is 12.2. The van der Waals surface area contributed by atoms with Crippen molar-refractivity contribution in [3.63, 3.8) is 0 Å². The van der Waals surface area contributed by atoms with Gasteiger partial charge in [-0.25, -0.2) is 9.78 Å². The van der Waals surface area contributed by atoms with E-state index in [0.29, 0.717) is 11.5 Å². The summed E-state index contributed by atoms with van der Waals surface area (Å²) in [6, 6.07) is 10.9. The van der Waals surface area contributed by atoms with Gasteiger partial charge in [0, 0.05) is 25.5 Å². The van der Waals surface area contributed by atoms with Crippen LogP contribution in [0.25, 0.3) is 22.4 Å². The number of hydrogen-bond acceptors (Lipinski definition) is 6. The van der Waals surface area contributed by atoms with Crippen LogP contribution in [0, 0.1) is 0 Å². The average molecular weight is 422 g/mol. The number of carbonyl (C=O) groups excluding carboxylic acids is 2. The Morgan fingerprint density at radius 3 is 2.65 bits per heavy atom. The molecule has 2 amide bonds. The summed E-state index contributed by atoms with van der Waals surface area (Å²) in [4.78, 5) is 56.9. The van der Waals surface area contributed by atoms with Crippen molar-refractivity contribution in [2.75, 3.05) is 0 Å². The molecule has 5 N–H and O–H groups in total. The van der Waals surface area contributed by atoms with Crippen LogP contribution in [0.2, 0.25) is 0 Å². The molecule has 0 atom stereocenters. The summed E-state index contributed by atoms with van der Waals surface area (Å²) >= 11 is 0. The van der Waals surface area contributed by atoms with E-state index in [2.05, 4.69) is 36.0 Å². The summed E-state index contributed by atoms with van der Waals surface area (Å²) in [7, 11) is 1.48. The van der Waals surface area contributed by atoms with Crippen LogP contribution in [0.1, 0.15) is 22.7 Å². The number of aromatic nitrogens is 6. The van der Waals surface area contributed by atoms with Gasteiger partial charge in [0.1, 0.15) is 17.0 Å². The number of aromatic amines is 3. The monoisotopic (exact) mass is 422 g/mol. The van der Waals surface area contributed by atoms with Crippen molar-refractivity contribution in [2.24, 2.45) is 7.05 Å². The summed E-state index contributed by atoms with van der Waals surface area (Å²) in [6.07, 6.45) is 0.163. The minimum atomic E-state index is -0.581. The van der Waals surface area contributed by atoms with Gasteiger partial charge in [0.05, 0.1) is 5.69 Å². The topological polar surface area (TPSA) is 170 Å². The van der Waals surface area contributed by atoms with Gasteiger partial charge in [0.15, 0.2) is 5.65 Å². The lowest BCUT2D eigenvalue weighted by Crippen LogP contribution is -2.41. The molecule has 0 bridgehead atoms. The van der Waals surface area contributed by atoms with Gasteiger partial charge in [-0.15, -0.1) is 0 Å². The Kier molecular flexibility index (Phi) is 5.18. The SMILES string of the molecule is Cn1c(=O)[nH]c(=O)c2[nH]c(CCC(=O)NNC(=O)c3cc(-c4ccccc4)n[nH]3)nc21. The van der Waals surface area contributed by atoms with Gasteiger partial charge in [-0.2, -0.15) is 5.10 Å². The summed E-state index contributed by atoms with van der Waals surface area (Å²) in [5.41, 5.74) is 5.46. The second-order valence-electron chi connectivity index (χ2n) is 6.74. The highest BCUT2D eigenvalue weighted by atomic mass is 16.2. The lowest BCUT2D eigenvalue weighted by atomic mass is 10.1. The van der Waals surface area contributed by atoms with E-state index in [4.69, 9.17) is 0 Å². The van der Waals surface area contributed by atoms with E-state index in [1.54, 1.807) is 6.07 Å². The number of H-pyrrole nitrogens is 3. The van der Waals surface area contributed by atoms with E-state index in [-0.39, 0.29) is 29.7 Å². The Morgan fingerprint density at radius 1 is 1.10 bits per heavy atom. The number of amides is 2. The van der Waals surface area contributed by atoms with Crippen LogP contribution in [0.4, 0.5) is 0 Å². The lowest BCUT2D eigenvalue weighted by Gasteiger charge is -2.05. The molecular formula is C19H18N8O4. The van der Waals surface area contributed by atoms with Crippen molar-refractivity contribution >= 4 is 23.0 Å². The standard InChI is InChI=1S/C19H18N8O4/c1-27-16-15(18(30)22-19(27)31)20-13(21-16)7-8-14(28)25-26-17(29)12-9-11(23-24-12)10-5-3-2-4-6-10/h2-6,9H,7-8H2,1H3,(H,20,21)(H,23,24)(H,25,28)(H,26,29)(H,22,30,31). The van der Waals surface area contributed by atoms with Gasteiger partial charge in [-0.05, 0) is 6.07 Å². The van der Waals surface area contributed by atoms with Gasteiger partial charge >= 0.3 is 5.69 Å². The smallest absolute Gasteiger partial charge is 0.329 e. The van der Waals surface area contributed by atoms with Crippen molar-refractivity contribution in [1.29, 1.82) is 0 Å². The van der Waals surface area contributed by atoms with Crippen LogP contribution in [0.3, 0.4) is 0 Å². The van der Waals surface area contributed by atoms with E-state index in [1.165, 1.54) is 11.6 Å². The van der Waals surface area contributed by atoms with Crippen LogP contribution >= 0.6 is 0 Å². The Hall–Kier alpha value is -4.48. The minimum Gasteiger partial charge on any atom is -0.336 e. The van der Waals surface area contributed by atoms with E-state index in [1.807, 2.05) is 30.3 Å². The fraction of sp³-hybridized carbons (Fsp3) is 0.158. The highest BCUT2D eigenvalue weighted by molar-refractivity contribution is 5.94. The van der Waals surface area contributed by atoms with E-state index < -0.39 is 23.1 Å². The third-order valence-corrected chi connectivity index (χ3v) is 4.60. The van der Waals surface area contributed by atoms with Crippen molar-refractivity contribution in [3.8, 4) is 11.3 Å². The molecule has 1 aromatic carbocycles. The second kappa shape index (κ2) is 8.10. The molecule has 158 valence electrons. The summed E-state index contributed by atoms with van der Waals surface area (Å²) < 4.78 is 1.20. The van der Waals surface area contributed by atoms with Crippen molar-refractivity contribution in [1.82, 2.24) is 40.6 Å². The molecule has 0 saturated heterocycles. The molecule has 0 aliphatic heterocycles. The lowest BCUT2D eigenvalue weighted by molar-refractivity contribution is -0.121. The molecule has 0 radical (unpaired) electrons. The van der Waals surface area contributed by atoms with Crippen molar-refractivity contribution in [3.05, 3.63) is 68.8 Å². The molecule has 0 fully saturated rings. The highest BCUT2D eigenvalue weighted by Gasteiger charge is 2.14. The number of hydrogen-bond donors (Lipinski definition) is 5. The highest BCUT2D eigenvalue weighted by Crippen LogP contribution is 2.16. The predicted octanol–water partition coefficient (Wildman–Crippen LogP) is -0.266. The van der Waals surface area contributed by atoms with E-state index in [0.717, 1.165) is 5.56 Å². The Balaban J connectivity index is 1.33.